The number of H-pyrrole nitrogens is 1. The fourth-order valence-corrected chi connectivity index (χ4v) is 1.99. The molecule has 1 aromatic carbocycles. The number of hydrogen-bond donors (Lipinski definition) is 1. The van der Waals surface area contributed by atoms with Crippen LogP contribution in [-0.4, -0.2) is 25.0 Å². The summed E-state index contributed by atoms with van der Waals surface area (Å²) in [6.07, 6.45) is 7.24. The maximum Gasteiger partial charge on any atom is 0.0921 e. The van der Waals surface area contributed by atoms with Crippen molar-refractivity contribution in [1.82, 2.24) is 25.0 Å². The molecule has 19 heavy (non-hydrogen) atoms. The van der Waals surface area contributed by atoms with E-state index >= 15 is 0 Å². The van der Waals surface area contributed by atoms with Crippen molar-refractivity contribution < 1.29 is 0 Å². The van der Waals surface area contributed by atoms with Crippen molar-refractivity contribution in [3.63, 3.8) is 0 Å². The van der Waals surface area contributed by atoms with E-state index in [9.17, 15) is 0 Å². The summed E-state index contributed by atoms with van der Waals surface area (Å²) in [5, 5.41) is 8.34. The van der Waals surface area contributed by atoms with E-state index < -0.39 is 0 Å². The number of imidazole rings is 1. The van der Waals surface area contributed by atoms with E-state index in [2.05, 4.69) is 32.4 Å². The summed E-state index contributed by atoms with van der Waals surface area (Å²) in [5.74, 6) is 0. The van der Waals surface area contributed by atoms with E-state index in [0.717, 1.165) is 30.8 Å². The smallest absolute Gasteiger partial charge is 0.0921 e. The highest BCUT2D eigenvalue weighted by Crippen LogP contribution is 2.06. The summed E-state index contributed by atoms with van der Waals surface area (Å²) in [5.41, 5.74) is 3.36. The molecule has 2 heterocycles. The fourth-order valence-electron chi connectivity index (χ4n) is 1.99. The van der Waals surface area contributed by atoms with Gasteiger partial charge in [0, 0.05) is 37.5 Å². The maximum absolute atomic E-state index is 4.20. The summed E-state index contributed by atoms with van der Waals surface area (Å²) in [6, 6.07) is 10.3. The van der Waals surface area contributed by atoms with Crippen LogP contribution in [0.2, 0.25) is 0 Å². The second-order valence-corrected chi connectivity index (χ2v) is 4.46. The Morgan fingerprint density at radius 2 is 2.05 bits per heavy atom. The van der Waals surface area contributed by atoms with Crippen LogP contribution in [0.1, 0.15) is 17.0 Å². The van der Waals surface area contributed by atoms with Crippen LogP contribution in [0.3, 0.4) is 0 Å². The molecule has 2 aromatic heterocycles. The molecule has 5 heteroatoms. The van der Waals surface area contributed by atoms with Gasteiger partial charge in [0.25, 0.3) is 0 Å². The number of nitrogens with one attached hydrogen (secondary N) is 1. The van der Waals surface area contributed by atoms with Crippen LogP contribution >= 0.6 is 0 Å². The monoisotopic (exact) mass is 253 g/mol. The predicted molar refractivity (Wildman–Crippen MR) is 71.6 cm³/mol. The highest BCUT2D eigenvalue weighted by atomic mass is 15.4. The molecule has 0 amide bonds. The van der Waals surface area contributed by atoms with Crippen LogP contribution in [0.4, 0.5) is 0 Å². The van der Waals surface area contributed by atoms with Crippen molar-refractivity contribution in [2.75, 3.05) is 0 Å². The van der Waals surface area contributed by atoms with Gasteiger partial charge in [-0.15, -0.1) is 5.10 Å². The largest absolute Gasteiger partial charge is 0.348 e. The zero-order chi connectivity index (χ0) is 12.9. The second kappa shape index (κ2) is 5.48. The summed E-state index contributed by atoms with van der Waals surface area (Å²) in [4.78, 5) is 7.08. The number of aromatic nitrogens is 5. The molecule has 0 saturated heterocycles. The van der Waals surface area contributed by atoms with Gasteiger partial charge in [-0.2, -0.15) is 0 Å². The molecule has 0 unspecified atom stereocenters. The maximum atomic E-state index is 4.20. The van der Waals surface area contributed by atoms with Crippen molar-refractivity contribution >= 4 is 0 Å². The first-order chi connectivity index (χ1) is 9.40. The SMILES string of the molecule is c1ccc(Cc2cn(CCc3cnc[nH]3)nn2)cc1. The minimum Gasteiger partial charge on any atom is -0.348 e. The molecule has 5 nitrogen and oxygen atoms in total. The molecule has 0 radical (unpaired) electrons. The first kappa shape index (κ1) is 11.6. The van der Waals surface area contributed by atoms with E-state index in [1.54, 1.807) is 6.33 Å². The van der Waals surface area contributed by atoms with Gasteiger partial charge in [-0.25, -0.2) is 4.98 Å². The van der Waals surface area contributed by atoms with Crippen molar-refractivity contribution in [3.8, 4) is 0 Å². The standard InChI is InChI=1S/C14H15N5/c1-2-4-12(5-3-1)8-14-10-19(18-17-14)7-6-13-9-15-11-16-13/h1-5,9-11H,6-8H2,(H,15,16). The van der Waals surface area contributed by atoms with Gasteiger partial charge in [-0.3, -0.25) is 4.68 Å². The Kier molecular flexibility index (Phi) is 3.36. The minimum atomic E-state index is 0.810. The summed E-state index contributed by atoms with van der Waals surface area (Å²) in [6.45, 7) is 0.810. The molecule has 0 aliphatic heterocycles. The van der Waals surface area contributed by atoms with Gasteiger partial charge in [-0.1, -0.05) is 35.5 Å². The lowest BCUT2D eigenvalue weighted by atomic mass is 10.1. The lowest BCUT2D eigenvalue weighted by molar-refractivity contribution is 0.585. The molecule has 0 aliphatic rings. The Morgan fingerprint density at radius 1 is 1.16 bits per heavy atom. The van der Waals surface area contributed by atoms with Gasteiger partial charge in [0.2, 0.25) is 0 Å². The van der Waals surface area contributed by atoms with Gasteiger partial charge >= 0.3 is 0 Å². The molecule has 96 valence electrons. The van der Waals surface area contributed by atoms with Crippen LogP contribution in [0.15, 0.2) is 49.1 Å². The normalized spacial score (nSPS) is 10.7. The van der Waals surface area contributed by atoms with Crippen molar-refractivity contribution in [2.24, 2.45) is 0 Å². The van der Waals surface area contributed by atoms with Gasteiger partial charge in [-0.05, 0) is 5.56 Å². The number of benzene rings is 1. The van der Waals surface area contributed by atoms with Gasteiger partial charge in [0.15, 0.2) is 0 Å². The van der Waals surface area contributed by atoms with Gasteiger partial charge in [0.1, 0.15) is 0 Å². The third-order valence-corrected chi connectivity index (χ3v) is 2.98. The summed E-state index contributed by atoms with van der Waals surface area (Å²) in [7, 11) is 0. The zero-order valence-corrected chi connectivity index (χ0v) is 10.5. The molecule has 0 aliphatic carbocycles. The Hall–Kier alpha value is -2.43. The highest BCUT2D eigenvalue weighted by Gasteiger charge is 2.02. The Morgan fingerprint density at radius 3 is 2.84 bits per heavy atom. The third-order valence-electron chi connectivity index (χ3n) is 2.98. The number of aryl methyl sites for hydroxylation is 2. The molecular formula is C14H15N5. The van der Waals surface area contributed by atoms with E-state index in [4.69, 9.17) is 0 Å². The number of rotatable bonds is 5. The average molecular weight is 253 g/mol. The summed E-state index contributed by atoms with van der Waals surface area (Å²) >= 11 is 0. The zero-order valence-electron chi connectivity index (χ0n) is 10.5. The number of hydrogen-bond acceptors (Lipinski definition) is 3. The van der Waals surface area contributed by atoms with Crippen LogP contribution < -0.4 is 0 Å². The molecule has 0 bridgehead atoms. The molecular weight excluding hydrogens is 238 g/mol. The van der Waals surface area contributed by atoms with Gasteiger partial charge in [0.05, 0.1) is 12.0 Å². The lowest BCUT2D eigenvalue weighted by Gasteiger charge is -1.97. The van der Waals surface area contributed by atoms with Crippen molar-refractivity contribution in [3.05, 3.63) is 66.0 Å². The first-order valence-corrected chi connectivity index (χ1v) is 6.30. The molecule has 0 saturated carbocycles. The van der Waals surface area contributed by atoms with Crippen molar-refractivity contribution in [2.45, 2.75) is 19.4 Å². The van der Waals surface area contributed by atoms with Crippen LogP contribution in [0.25, 0.3) is 0 Å². The Labute approximate surface area is 111 Å². The predicted octanol–water partition coefficient (Wildman–Crippen LogP) is 1.83. The van der Waals surface area contributed by atoms with Crippen molar-refractivity contribution in [1.29, 1.82) is 0 Å². The molecule has 0 spiro atoms. The van der Waals surface area contributed by atoms with Gasteiger partial charge < -0.3 is 4.98 Å². The molecule has 1 N–H and O–H groups in total. The van der Waals surface area contributed by atoms with Crippen LogP contribution in [0.5, 0.6) is 0 Å². The lowest BCUT2D eigenvalue weighted by Crippen LogP contribution is -2.02. The molecule has 3 aromatic rings. The topological polar surface area (TPSA) is 59.4 Å². The van der Waals surface area contributed by atoms with E-state index in [1.807, 2.05) is 35.3 Å². The summed E-state index contributed by atoms with van der Waals surface area (Å²) < 4.78 is 1.87. The van der Waals surface area contributed by atoms with E-state index in [-0.39, 0.29) is 0 Å². The van der Waals surface area contributed by atoms with E-state index in [1.165, 1.54) is 5.56 Å². The van der Waals surface area contributed by atoms with E-state index in [0.29, 0.717) is 0 Å². The Balaban J connectivity index is 1.60. The fraction of sp³-hybridized carbons (Fsp3) is 0.214. The minimum absolute atomic E-state index is 0.810. The average Bonchev–Trinajstić information content (AvgIpc) is 3.09. The van der Waals surface area contributed by atoms with Crippen LogP contribution in [0, 0.1) is 0 Å². The molecule has 0 atom stereocenters. The number of nitrogens with zero attached hydrogens (tertiary/aromatic N) is 4. The second-order valence-electron chi connectivity index (χ2n) is 4.46. The Bertz CT molecular complexity index is 612. The third kappa shape index (κ3) is 3.07. The molecule has 3 rings (SSSR count). The molecule has 0 fully saturated rings. The highest BCUT2D eigenvalue weighted by molar-refractivity contribution is 5.19. The first-order valence-electron chi connectivity index (χ1n) is 6.30. The number of aromatic amines is 1. The quantitative estimate of drug-likeness (QED) is 0.754. The van der Waals surface area contributed by atoms with Crippen LogP contribution in [-0.2, 0) is 19.4 Å².